The van der Waals surface area contributed by atoms with Crippen LogP contribution in [0.4, 0.5) is 13.2 Å². The predicted octanol–water partition coefficient (Wildman–Crippen LogP) is 5.31. The highest BCUT2D eigenvalue weighted by molar-refractivity contribution is 8.00. The quantitative estimate of drug-likeness (QED) is 0.665. The smallest absolute Gasteiger partial charge is 0.160 e. The number of halogens is 5. The molecule has 1 unspecified atom stereocenters. The molecule has 0 spiro atoms. The van der Waals surface area contributed by atoms with E-state index in [1.54, 1.807) is 18.2 Å². The SMILES string of the molecule is FC(F)(F)SCCC(CCl)c1cccc(Cl)c1. The zero-order valence-electron chi connectivity index (χ0n) is 8.81. The molecule has 0 amide bonds. The maximum Gasteiger partial charge on any atom is 0.441 e. The molecule has 0 nitrogen and oxygen atoms in total. The van der Waals surface area contributed by atoms with Crippen molar-refractivity contribution < 1.29 is 13.2 Å². The van der Waals surface area contributed by atoms with Gasteiger partial charge in [-0.25, -0.2) is 0 Å². The van der Waals surface area contributed by atoms with Gasteiger partial charge in [0.15, 0.2) is 0 Å². The first kappa shape index (κ1) is 15.0. The molecule has 0 radical (unpaired) electrons. The van der Waals surface area contributed by atoms with Crippen LogP contribution in [0.25, 0.3) is 0 Å². The summed E-state index contributed by atoms with van der Waals surface area (Å²) in [5, 5.41) is 0.570. The molecule has 0 saturated heterocycles. The zero-order chi connectivity index (χ0) is 12.9. The minimum absolute atomic E-state index is 0.00734. The Balaban J connectivity index is 2.54. The van der Waals surface area contributed by atoms with E-state index in [1.807, 2.05) is 6.07 Å². The van der Waals surface area contributed by atoms with Crippen LogP contribution >= 0.6 is 35.0 Å². The Morgan fingerprint density at radius 2 is 2.00 bits per heavy atom. The van der Waals surface area contributed by atoms with Gasteiger partial charge in [-0.2, -0.15) is 13.2 Å². The van der Waals surface area contributed by atoms with Crippen LogP contribution in [0, 0.1) is 0 Å². The van der Waals surface area contributed by atoms with Crippen LogP contribution in [-0.4, -0.2) is 17.1 Å². The van der Waals surface area contributed by atoms with E-state index >= 15 is 0 Å². The molecule has 0 aliphatic carbocycles. The second-order valence-corrected chi connectivity index (χ2v) is 5.39. The fourth-order valence-electron chi connectivity index (χ4n) is 1.41. The highest BCUT2D eigenvalue weighted by Crippen LogP contribution is 2.33. The standard InChI is InChI=1S/C11H11Cl2F3S/c12-7-9(4-5-17-11(14,15)16)8-2-1-3-10(13)6-8/h1-3,6,9H,4-5,7H2. The Morgan fingerprint density at radius 1 is 1.29 bits per heavy atom. The minimum Gasteiger partial charge on any atom is -0.160 e. The maximum absolute atomic E-state index is 12.0. The van der Waals surface area contributed by atoms with Crippen molar-refractivity contribution in [2.45, 2.75) is 17.8 Å². The molecule has 0 aliphatic rings. The van der Waals surface area contributed by atoms with Gasteiger partial charge >= 0.3 is 5.51 Å². The van der Waals surface area contributed by atoms with E-state index in [1.165, 1.54) is 0 Å². The van der Waals surface area contributed by atoms with Gasteiger partial charge in [-0.15, -0.1) is 11.6 Å². The summed E-state index contributed by atoms with van der Waals surface area (Å²) < 4.78 is 36.0. The summed E-state index contributed by atoms with van der Waals surface area (Å²) in [5.74, 6) is 0.205. The van der Waals surface area contributed by atoms with Crippen molar-refractivity contribution in [2.24, 2.45) is 0 Å². The maximum atomic E-state index is 12.0. The van der Waals surface area contributed by atoms with Gasteiger partial charge in [0.2, 0.25) is 0 Å². The van der Waals surface area contributed by atoms with E-state index in [2.05, 4.69) is 0 Å². The molecule has 1 rings (SSSR count). The molecule has 0 aromatic heterocycles. The number of alkyl halides is 4. The molecule has 6 heteroatoms. The van der Waals surface area contributed by atoms with Crippen molar-refractivity contribution in [2.75, 3.05) is 11.6 Å². The summed E-state index contributed by atoms with van der Waals surface area (Å²) in [6, 6.07) is 7.07. The number of rotatable bonds is 5. The first-order valence-electron chi connectivity index (χ1n) is 4.94. The fourth-order valence-corrected chi connectivity index (χ4v) is 2.58. The Hall–Kier alpha value is -0.0600. The van der Waals surface area contributed by atoms with E-state index in [0.29, 0.717) is 17.3 Å². The average Bonchev–Trinajstić information content (AvgIpc) is 2.23. The molecule has 96 valence electrons. The van der Waals surface area contributed by atoms with Crippen molar-refractivity contribution in [3.8, 4) is 0 Å². The molecule has 0 fully saturated rings. The lowest BCUT2D eigenvalue weighted by atomic mass is 9.99. The lowest BCUT2D eigenvalue weighted by Crippen LogP contribution is -2.06. The molecular formula is C11H11Cl2F3S. The van der Waals surface area contributed by atoms with Crippen LogP contribution < -0.4 is 0 Å². The zero-order valence-corrected chi connectivity index (χ0v) is 11.1. The molecule has 0 aliphatic heterocycles. The Kier molecular flexibility index (Phi) is 5.97. The van der Waals surface area contributed by atoms with Gasteiger partial charge in [-0.1, -0.05) is 35.5 Å². The topological polar surface area (TPSA) is 0 Å². The van der Waals surface area contributed by atoms with Crippen LogP contribution in [0.2, 0.25) is 5.02 Å². The summed E-state index contributed by atoms with van der Waals surface area (Å²) >= 11 is 11.6. The minimum atomic E-state index is -4.18. The van der Waals surface area contributed by atoms with Gasteiger partial charge in [-0.05, 0) is 30.0 Å². The highest BCUT2D eigenvalue weighted by atomic mass is 35.5. The lowest BCUT2D eigenvalue weighted by molar-refractivity contribution is -0.0328. The second kappa shape index (κ2) is 6.76. The predicted molar refractivity (Wildman–Crippen MR) is 68.0 cm³/mol. The molecule has 17 heavy (non-hydrogen) atoms. The summed E-state index contributed by atoms with van der Waals surface area (Å²) in [4.78, 5) is 0. The summed E-state index contributed by atoms with van der Waals surface area (Å²) in [7, 11) is 0. The van der Waals surface area contributed by atoms with Crippen molar-refractivity contribution in [3.05, 3.63) is 34.9 Å². The molecule has 1 atom stereocenters. The van der Waals surface area contributed by atoms with Crippen molar-refractivity contribution in [1.82, 2.24) is 0 Å². The Bertz CT molecular complexity index is 355. The first-order chi connectivity index (χ1) is 7.92. The third kappa shape index (κ3) is 5.89. The Labute approximate surface area is 112 Å². The van der Waals surface area contributed by atoms with Gasteiger partial charge in [0.1, 0.15) is 0 Å². The molecule has 0 heterocycles. The highest BCUT2D eigenvalue weighted by Gasteiger charge is 2.28. The van der Waals surface area contributed by atoms with Gasteiger partial charge in [0, 0.05) is 16.7 Å². The lowest BCUT2D eigenvalue weighted by Gasteiger charge is -2.14. The monoisotopic (exact) mass is 302 g/mol. The van der Waals surface area contributed by atoms with E-state index in [9.17, 15) is 13.2 Å². The van der Waals surface area contributed by atoms with E-state index in [-0.39, 0.29) is 23.4 Å². The van der Waals surface area contributed by atoms with Crippen molar-refractivity contribution in [3.63, 3.8) is 0 Å². The fraction of sp³-hybridized carbons (Fsp3) is 0.455. The largest absolute Gasteiger partial charge is 0.441 e. The molecule has 0 bridgehead atoms. The number of hydrogen-bond donors (Lipinski definition) is 0. The van der Waals surface area contributed by atoms with Crippen LogP contribution in [0.1, 0.15) is 17.9 Å². The normalized spacial score (nSPS) is 13.7. The van der Waals surface area contributed by atoms with Gasteiger partial charge < -0.3 is 0 Å². The van der Waals surface area contributed by atoms with Crippen molar-refractivity contribution >= 4 is 35.0 Å². The van der Waals surface area contributed by atoms with E-state index in [4.69, 9.17) is 23.2 Å². The van der Waals surface area contributed by atoms with E-state index < -0.39 is 5.51 Å². The Morgan fingerprint density at radius 3 is 2.53 bits per heavy atom. The molecule has 0 N–H and O–H groups in total. The van der Waals surface area contributed by atoms with Crippen LogP contribution in [-0.2, 0) is 0 Å². The third-order valence-corrected chi connectivity index (χ3v) is 3.61. The van der Waals surface area contributed by atoms with E-state index in [0.717, 1.165) is 5.56 Å². The van der Waals surface area contributed by atoms with Crippen LogP contribution in [0.3, 0.4) is 0 Å². The number of benzene rings is 1. The summed E-state index contributed by atoms with van der Waals surface area (Å²) in [6.07, 6.45) is 0.383. The molecule has 1 aromatic carbocycles. The van der Waals surface area contributed by atoms with Crippen LogP contribution in [0.15, 0.2) is 24.3 Å². The van der Waals surface area contributed by atoms with Gasteiger partial charge in [-0.3, -0.25) is 0 Å². The molecule has 0 saturated carbocycles. The third-order valence-electron chi connectivity index (χ3n) is 2.24. The molecular weight excluding hydrogens is 292 g/mol. The second-order valence-electron chi connectivity index (χ2n) is 3.49. The average molecular weight is 303 g/mol. The number of thioether (sulfide) groups is 1. The van der Waals surface area contributed by atoms with Crippen LogP contribution in [0.5, 0.6) is 0 Å². The van der Waals surface area contributed by atoms with Gasteiger partial charge in [0.25, 0.3) is 0 Å². The first-order valence-corrected chi connectivity index (χ1v) is 6.84. The van der Waals surface area contributed by atoms with Gasteiger partial charge in [0.05, 0.1) is 0 Å². The summed E-state index contributed by atoms with van der Waals surface area (Å²) in [5.41, 5.74) is -3.29. The summed E-state index contributed by atoms with van der Waals surface area (Å²) in [6.45, 7) is 0. The molecule has 1 aromatic rings. The number of hydrogen-bond acceptors (Lipinski definition) is 1. The van der Waals surface area contributed by atoms with Crippen molar-refractivity contribution in [1.29, 1.82) is 0 Å².